The molecule has 1 aromatic rings. The minimum Gasteiger partial charge on any atom is -0.481 e. The van der Waals surface area contributed by atoms with Gasteiger partial charge in [0.15, 0.2) is 0 Å². The minimum atomic E-state index is -0.777. The third kappa shape index (κ3) is 4.35. The number of nitrogens with zero attached hydrogens (tertiary/aromatic N) is 1. The lowest BCUT2D eigenvalue weighted by molar-refractivity contribution is -0.137. The molecule has 2 N–H and O–H groups in total. The third-order valence-electron chi connectivity index (χ3n) is 5.48. The lowest BCUT2D eigenvalue weighted by Crippen LogP contribution is -2.41. The molecule has 0 aliphatic carbocycles. The molecule has 0 aromatic heterocycles. The zero-order valence-corrected chi connectivity index (χ0v) is 17.4. The molecular weight excluding hydrogens is 376 g/mol. The molecule has 7 heteroatoms. The van der Waals surface area contributed by atoms with Gasteiger partial charge in [-0.1, -0.05) is 39.3 Å². The molecule has 2 fully saturated rings. The molecule has 0 radical (unpaired) electrons. The fourth-order valence-electron chi connectivity index (χ4n) is 3.84. The number of imide groups is 1. The summed E-state index contributed by atoms with van der Waals surface area (Å²) in [6, 6.07) is 6.98. The number of amides is 3. The van der Waals surface area contributed by atoms with Crippen molar-refractivity contribution in [2.75, 3.05) is 5.75 Å². The molecule has 0 saturated carbocycles. The molecule has 2 saturated heterocycles. The Hall–Kier alpha value is -2.02. The van der Waals surface area contributed by atoms with Gasteiger partial charge in [-0.3, -0.25) is 14.5 Å². The monoisotopic (exact) mass is 404 g/mol. The van der Waals surface area contributed by atoms with Crippen LogP contribution < -0.4 is 5.32 Å². The molecule has 0 spiro atoms. The number of fused-ring (bicyclic) bond motifs is 1. The predicted octanol–water partition coefficient (Wildman–Crippen LogP) is 3.65. The first-order valence-electron chi connectivity index (χ1n) is 9.76. The topological polar surface area (TPSA) is 86.7 Å². The molecule has 2 aliphatic heterocycles. The Morgan fingerprint density at radius 2 is 1.89 bits per heavy atom. The molecule has 2 heterocycles. The van der Waals surface area contributed by atoms with E-state index in [1.165, 1.54) is 4.90 Å². The van der Waals surface area contributed by atoms with Crippen molar-refractivity contribution in [3.8, 4) is 0 Å². The first-order chi connectivity index (χ1) is 13.2. The Morgan fingerprint density at radius 1 is 1.21 bits per heavy atom. The van der Waals surface area contributed by atoms with Crippen molar-refractivity contribution in [3.63, 3.8) is 0 Å². The number of nitrogens with one attached hydrogen (secondary N) is 1. The molecule has 6 nitrogen and oxygen atoms in total. The number of rotatable bonds is 6. The van der Waals surface area contributed by atoms with E-state index in [1.54, 1.807) is 23.9 Å². The van der Waals surface area contributed by atoms with Crippen LogP contribution >= 0.6 is 11.8 Å². The number of aliphatic carboxylic acids is 1. The van der Waals surface area contributed by atoms with Crippen molar-refractivity contribution in [1.82, 2.24) is 10.2 Å². The molecule has 2 aliphatic rings. The first kappa shape index (κ1) is 20.7. The highest BCUT2D eigenvalue weighted by Crippen LogP contribution is 2.37. The summed E-state index contributed by atoms with van der Waals surface area (Å²) in [5.41, 5.74) is 1.68. The molecule has 3 amide bonds. The smallest absolute Gasteiger partial charge is 0.325 e. The zero-order valence-electron chi connectivity index (χ0n) is 16.6. The van der Waals surface area contributed by atoms with Gasteiger partial charge in [-0.05, 0) is 36.0 Å². The number of benzene rings is 1. The van der Waals surface area contributed by atoms with E-state index >= 15 is 0 Å². The van der Waals surface area contributed by atoms with Crippen molar-refractivity contribution in [2.24, 2.45) is 0 Å². The van der Waals surface area contributed by atoms with Crippen molar-refractivity contribution in [2.45, 2.75) is 69.2 Å². The van der Waals surface area contributed by atoms with Gasteiger partial charge in [0.2, 0.25) is 0 Å². The molecule has 3 rings (SSSR count). The third-order valence-corrected chi connectivity index (χ3v) is 6.97. The van der Waals surface area contributed by atoms with Gasteiger partial charge in [-0.25, -0.2) is 4.79 Å². The Bertz CT molecular complexity index is 757. The number of urea groups is 1. The van der Waals surface area contributed by atoms with E-state index in [0.717, 1.165) is 24.2 Å². The van der Waals surface area contributed by atoms with Gasteiger partial charge in [-0.2, -0.15) is 11.8 Å². The molecule has 0 unspecified atom stereocenters. The van der Waals surface area contributed by atoms with E-state index in [1.807, 2.05) is 12.1 Å². The number of carboxylic acid groups (broad SMARTS) is 1. The van der Waals surface area contributed by atoms with Crippen LogP contribution in [0, 0.1) is 0 Å². The predicted molar refractivity (Wildman–Crippen MR) is 110 cm³/mol. The summed E-state index contributed by atoms with van der Waals surface area (Å²) in [4.78, 5) is 37.5. The number of carbonyl (C=O) groups excluding carboxylic acids is 2. The number of hydrogen-bond donors (Lipinski definition) is 2. The number of hydrogen-bond acceptors (Lipinski definition) is 4. The van der Waals surface area contributed by atoms with Gasteiger partial charge in [-0.15, -0.1) is 0 Å². The van der Waals surface area contributed by atoms with Gasteiger partial charge in [0, 0.05) is 23.0 Å². The fraction of sp³-hybridized carbons (Fsp3) is 0.571. The van der Waals surface area contributed by atoms with Crippen molar-refractivity contribution in [1.29, 1.82) is 0 Å². The lowest BCUT2D eigenvalue weighted by Gasteiger charge is -2.22. The summed E-state index contributed by atoms with van der Waals surface area (Å²) in [6.07, 6.45) is 2.47. The summed E-state index contributed by atoms with van der Waals surface area (Å²) < 4.78 is 0. The minimum absolute atomic E-state index is 0.00758. The highest BCUT2D eigenvalue weighted by Gasteiger charge is 2.50. The Morgan fingerprint density at radius 3 is 2.50 bits per heavy atom. The van der Waals surface area contributed by atoms with E-state index in [-0.39, 0.29) is 41.1 Å². The van der Waals surface area contributed by atoms with Crippen LogP contribution in [0.2, 0.25) is 0 Å². The van der Waals surface area contributed by atoms with Crippen LogP contribution in [0.25, 0.3) is 0 Å². The second kappa shape index (κ2) is 8.15. The van der Waals surface area contributed by atoms with Gasteiger partial charge in [0.25, 0.3) is 5.91 Å². The Labute approximate surface area is 170 Å². The first-order valence-corrected chi connectivity index (χ1v) is 10.8. The van der Waals surface area contributed by atoms with E-state index in [4.69, 9.17) is 5.11 Å². The highest BCUT2D eigenvalue weighted by molar-refractivity contribution is 8.00. The molecule has 0 bridgehead atoms. The quantitative estimate of drug-likeness (QED) is 0.558. The van der Waals surface area contributed by atoms with Crippen molar-refractivity contribution in [3.05, 3.63) is 35.4 Å². The van der Waals surface area contributed by atoms with Crippen LogP contribution in [0.1, 0.15) is 62.4 Å². The fourth-order valence-corrected chi connectivity index (χ4v) is 5.43. The summed E-state index contributed by atoms with van der Waals surface area (Å²) >= 11 is 1.76. The number of carboxylic acids is 1. The molecule has 3 atom stereocenters. The summed E-state index contributed by atoms with van der Waals surface area (Å²) in [5, 5.41) is 12.0. The van der Waals surface area contributed by atoms with Gasteiger partial charge in [0.1, 0.15) is 0 Å². The molecule has 1 aromatic carbocycles. The van der Waals surface area contributed by atoms with E-state index in [2.05, 4.69) is 26.1 Å². The molecule has 152 valence electrons. The average Bonchev–Trinajstić information content (AvgIpc) is 3.15. The summed E-state index contributed by atoms with van der Waals surface area (Å²) in [7, 11) is 0. The Kier molecular flexibility index (Phi) is 6.03. The Balaban J connectivity index is 1.65. The van der Waals surface area contributed by atoms with E-state index in [9.17, 15) is 14.4 Å². The summed E-state index contributed by atoms with van der Waals surface area (Å²) in [5.74, 6) is -0.309. The van der Waals surface area contributed by atoms with Crippen LogP contribution in [-0.2, 0) is 10.2 Å². The van der Waals surface area contributed by atoms with Crippen LogP contribution in [0.4, 0.5) is 4.79 Å². The zero-order chi connectivity index (χ0) is 20.5. The number of carbonyl (C=O) groups is 3. The maximum absolute atomic E-state index is 13.0. The second-order valence-electron chi connectivity index (χ2n) is 8.56. The van der Waals surface area contributed by atoms with Gasteiger partial charge in [0.05, 0.1) is 12.1 Å². The maximum Gasteiger partial charge on any atom is 0.325 e. The normalized spacial score (nSPS) is 24.2. The molecule has 28 heavy (non-hydrogen) atoms. The summed E-state index contributed by atoms with van der Waals surface area (Å²) in [6.45, 7) is 6.36. The highest BCUT2D eigenvalue weighted by atomic mass is 32.2. The lowest BCUT2D eigenvalue weighted by atomic mass is 9.86. The van der Waals surface area contributed by atoms with Crippen molar-refractivity contribution >= 4 is 29.7 Å². The van der Waals surface area contributed by atoms with Crippen LogP contribution in [-0.4, -0.2) is 51.0 Å². The van der Waals surface area contributed by atoms with Gasteiger partial charge < -0.3 is 10.4 Å². The average molecular weight is 405 g/mol. The SMILES string of the molecule is CC(C)(C)c1ccc(C(=O)N2C(=O)N[C@@H]3[C@H](CCCCC(=O)O)SC[C@@H]32)cc1. The number of thioether (sulfide) groups is 1. The van der Waals surface area contributed by atoms with Crippen LogP contribution in [0.5, 0.6) is 0 Å². The van der Waals surface area contributed by atoms with Crippen LogP contribution in [0.15, 0.2) is 24.3 Å². The number of unbranched alkanes of at least 4 members (excludes halogenated alkanes) is 1. The largest absolute Gasteiger partial charge is 0.481 e. The van der Waals surface area contributed by atoms with Gasteiger partial charge >= 0.3 is 12.0 Å². The van der Waals surface area contributed by atoms with Crippen molar-refractivity contribution < 1.29 is 19.5 Å². The second-order valence-corrected chi connectivity index (χ2v) is 9.83. The van der Waals surface area contributed by atoms with E-state index < -0.39 is 5.97 Å². The maximum atomic E-state index is 13.0. The standard InChI is InChI=1S/C21H28N2O4S/c1-21(2,3)14-10-8-13(9-11-14)19(26)23-15-12-28-16(18(15)22-20(23)27)6-4-5-7-17(24)25/h8-11,15-16,18H,4-7,12H2,1-3H3,(H,22,27)(H,24,25)/t15-,16-,18-/m0/s1. The molecular formula is C21H28N2O4S. The van der Waals surface area contributed by atoms with E-state index in [0.29, 0.717) is 12.0 Å². The van der Waals surface area contributed by atoms with Crippen LogP contribution in [0.3, 0.4) is 0 Å².